The highest BCUT2D eigenvalue weighted by Crippen LogP contribution is 2.29. The van der Waals surface area contributed by atoms with Crippen LogP contribution in [0.5, 0.6) is 5.75 Å². The van der Waals surface area contributed by atoms with E-state index in [4.69, 9.17) is 5.73 Å². The fraction of sp³-hybridized carbons (Fsp3) is 0. The molecule has 0 spiro atoms. The molecule has 0 amide bonds. The van der Waals surface area contributed by atoms with Crippen molar-refractivity contribution < 1.29 is 9.90 Å². The molecule has 0 atom stereocenters. The molecular formula is C17H13NO2. The van der Waals surface area contributed by atoms with Crippen LogP contribution in [0, 0.1) is 0 Å². The molecule has 3 aromatic rings. The van der Waals surface area contributed by atoms with Crippen LogP contribution in [0.1, 0.15) is 15.9 Å². The van der Waals surface area contributed by atoms with Gasteiger partial charge >= 0.3 is 0 Å². The minimum Gasteiger partial charge on any atom is -0.505 e. The van der Waals surface area contributed by atoms with E-state index in [2.05, 4.69) is 0 Å². The maximum absolute atomic E-state index is 12.6. The van der Waals surface area contributed by atoms with Crippen LogP contribution in [-0.2, 0) is 0 Å². The first-order chi connectivity index (χ1) is 9.68. The van der Waals surface area contributed by atoms with Gasteiger partial charge in [0.1, 0.15) is 5.75 Å². The number of nitrogens with two attached hydrogens (primary N) is 1. The van der Waals surface area contributed by atoms with E-state index in [1.165, 1.54) is 0 Å². The first-order valence-corrected chi connectivity index (χ1v) is 6.28. The molecule has 0 unspecified atom stereocenters. The van der Waals surface area contributed by atoms with Crippen molar-refractivity contribution in [3.8, 4) is 5.75 Å². The molecule has 98 valence electrons. The van der Waals surface area contributed by atoms with Crippen molar-refractivity contribution in [2.75, 3.05) is 5.73 Å². The molecule has 0 fully saturated rings. The monoisotopic (exact) mass is 263 g/mol. The van der Waals surface area contributed by atoms with Crippen molar-refractivity contribution in [3.63, 3.8) is 0 Å². The molecule has 0 bridgehead atoms. The number of anilines is 1. The zero-order chi connectivity index (χ0) is 14.1. The summed E-state index contributed by atoms with van der Waals surface area (Å²) in [6.07, 6.45) is 0. The van der Waals surface area contributed by atoms with Crippen LogP contribution in [-0.4, -0.2) is 10.9 Å². The van der Waals surface area contributed by atoms with Crippen molar-refractivity contribution in [2.24, 2.45) is 0 Å². The van der Waals surface area contributed by atoms with Crippen LogP contribution in [0.2, 0.25) is 0 Å². The number of rotatable bonds is 2. The first-order valence-electron chi connectivity index (χ1n) is 6.28. The number of benzene rings is 3. The van der Waals surface area contributed by atoms with Gasteiger partial charge in [0.2, 0.25) is 0 Å². The van der Waals surface area contributed by atoms with Gasteiger partial charge in [-0.25, -0.2) is 0 Å². The standard InChI is InChI=1S/C17H13NO2/c18-15-10-4-9-14(17(15)20)16(19)13-8-3-6-11-5-1-2-7-12(11)13/h1-10,20H,18H2. The van der Waals surface area contributed by atoms with Gasteiger partial charge in [-0.1, -0.05) is 48.5 Å². The number of carbonyl (C=O) groups is 1. The molecular weight excluding hydrogens is 250 g/mol. The van der Waals surface area contributed by atoms with E-state index in [0.29, 0.717) is 5.56 Å². The molecule has 0 aliphatic heterocycles. The number of aromatic hydroxyl groups is 1. The maximum Gasteiger partial charge on any atom is 0.197 e. The smallest absolute Gasteiger partial charge is 0.197 e. The molecule has 3 nitrogen and oxygen atoms in total. The number of phenols is 1. The lowest BCUT2D eigenvalue weighted by Crippen LogP contribution is -2.03. The van der Waals surface area contributed by atoms with Crippen LogP contribution in [0.4, 0.5) is 5.69 Å². The average Bonchev–Trinajstić information content (AvgIpc) is 2.49. The van der Waals surface area contributed by atoms with Crippen molar-refractivity contribution in [2.45, 2.75) is 0 Å². The minimum atomic E-state index is -0.230. The van der Waals surface area contributed by atoms with Gasteiger partial charge in [0.05, 0.1) is 11.3 Å². The number of ketones is 1. The number of fused-ring (bicyclic) bond motifs is 1. The Morgan fingerprint density at radius 3 is 2.35 bits per heavy atom. The molecule has 0 aliphatic carbocycles. The number of nitrogen functional groups attached to an aromatic ring is 1. The van der Waals surface area contributed by atoms with Crippen LogP contribution in [0.25, 0.3) is 10.8 Å². The number of para-hydroxylation sites is 1. The Kier molecular flexibility index (Phi) is 2.88. The first kappa shape index (κ1) is 12.2. The van der Waals surface area contributed by atoms with E-state index in [9.17, 15) is 9.90 Å². The molecule has 3 N–H and O–H groups in total. The normalized spacial score (nSPS) is 10.6. The third-order valence-electron chi connectivity index (χ3n) is 3.35. The third-order valence-corrected chi connectivity index (χ3v) is 3.35. The highest BCUT2D eigenvalue weighted by molar-refractivity contribution is 6.18. The van der Waals surface area contributed by atoms with E-state index < -0.39 is 0 Å². The molecule has 3 heteroatoms. The summed E-state index contributed by atoms with van der Waals surface area (Å²) in [5.74, 6) is -0.392. The largest absolute Gasteiger partial charge is 0.505 e. The van der Waals surface area contributed by atoms with Gasteiger partial charge in [-0.05, 0) is 22.9 Å². The Balaban J connectivity index is 2.21. The zero-order valence-electron chi connectivity index (χ0n) is 10.7. The summed E-state index contributed by atoms with van der Waals surface area (Å²) in [6, 6.07) is 18.0. The summed E-state index contributed by atoms with van der Waals surface area (Å²) < 4.78 is 0. The quantitative estimate of drug-likeness (QED) is 0.423. The lowest BCUT2D eigenvalue weighted by atomic mass is 9.96. The third kappa shape index (κ3) is 1.89. The zero-order valence-corrected chi connectivity index (χ0v) is 10.7. The average molecular weight is 263 g/mol. The molecule has 0 aliphatic rings. The molecule has 0 radical (unpaired) electrons. The molecule has 0 aromatic heterocycles. The highest BCUT2D eigenvalue weighted by atomic mass is 16.3. The molecule has 0 heterocycles. The lowest BCUT2D eigenvalue weighted by molar-refractivity contribution is 0.103. The molecule has 20 heavy (non-hydrogen) atoms. The SMILES string of the molecule is Nc1cccc(C(=O)c2cccc3ccccc23)c1O. The summed E-state index contributed by atoms with van der Waals surface area (Å²) >= 11 is 0. The molecule has 0 saturated carbocycles. The van der Waals surface area contributed by atoms with Crippen molar-refractivity contribution >= 4 is 22.2 Å². The van der Waals surface area contributed by atoms with Gasteiger partial charge in [-0.2, -0.15) is 0 Å². The second-order valence-electron chi connectivity index (χ2n) is 4.60. The Morgan fingerprint density at radius 2 is 1.50 bits per heavy atom. The predicted molar refractivity (Wildman–Crippen MR) is 79.9 cm³/mol. The van der Waals surface area contributed by atoms with Crippen LogP contribution in [0.15, 0.2) is 60.7 Å². The number of phenolic OH excluding ortho intramolecular Hbond substituents is 1. The van der Waals surface area contributed by atoms with E-state index >= 15 is 0 Å². The van der Waals surface area contributed by atoms with Crippen molar-refractivity contribution in [3.05, 3.63) is 71.8 Å². The van der Waals surface area contributed by atoms with Gasteiger partial charge < -0.3 is 10.8 Å². The summed E-state index contributed by atoms with van der Waals surface area (Å²) in [7, 11) is 0. The maximum atomic E-state index is 12.6. The van der Waals surface area contributed by atoms with Gasteiger partial charge in [-0.15, -0.1) is 0 Å². The van der Waals surface area contributed by atoms with E-state index in [1.807, 2.05) is 36.4 Å². The van der Waals surface area contributed by atoms with Crippen LogP contribution < -0.4 is 5.73 Å². The second-order valence-corrected chi connectivity index (χ2v) is 4.60. The molecule has 0 saturated heterocycles. The van der Waals surface area contributed by atoms with Gasteiger partial charge in [0.25, 0.3) is 0 Å². The molecule has 3 rings (SSSR count). The van der Waals surface area contributed by atoms with E-state index in [1.54, 1.807) is 24.3 Å². The summed E-state index contributed by atoms with van der Waals surface area (Å²) in [5.41, 5.74) is 6.63. The summed E-state index contributed by atoms with van der Waals surface area (Å²) in [6.45, 7) is 0. The predicted octanol–water partition coefficient (Wildman–Crippen LogP) is 3.36. The number of hydrogen-bond acceptors (Lipinski definition) is 3. The van der Waals surface area contributed by atoms with Crippen molar-refractivity contribution in [1.82, 2.24) is 0 Å². The Hall–Kier alpha value is -2.81. The Bertz CT molecular complexity index is 804. The topological polar surface area (TPSA) is 63.3 Å². The van der Waals surface area contributed by atoms with Crippen LogP contribution in [0.3, 0.4) is 0 Å². The van der Waals surface area contributed by atoms with Gasteiger partial charge in [0.15, 0.2) is 5.78 Å². The summed E-state index contributed by atoms with van der Waals surface area (Å²) in [4.78, 5) is 12.6. The van der Waals surface area contributed by atoms with E-state index in [0.717, 1.165) is 10.8 Å². The lowest BCUT2D eigenvalue weighted by Gasteiger charge is -2.08. The van der Waals surface area contributed by atoms with Gasteiger partial charge in [-0.3, -0.25) is 4.79 Å². The minimum absolute atomic E-state index is 0.162. The fourth-order valence-electron chi connectivity index (χ4n) is 2.31. The molecule has 3 aromatic carbocycles. The Labute approximate surface area is 116 Å². The number of carbonyl (C=O) groups excluding carboxylic acids is 1. The van der Waals surface area contributed by atoms with E-state index in [-0.39, 0.29) is 22.8 Å². The fourth-order valence-corrected chi connectivity index (χ4v) is 2.31. The van der Waals surface area contributed by atoms with Crippen LogP contribution >= 0.6 is 0 Å². The van der Waals surface area contributed by atoms with Gasteiger partial charge in [0, 0.05) is 5.56 Å². The second kappa shape index (κ2) is 4.70. The summed E-state index contributed by atoms with van der Waals surface area (Å²) in [5, 5.41) is 11.8. The van der Waals surface area contributed by atoms with Crippen molar-refractivity contribution in [1.29, 1.82) is 0 Å². The highest BCUT2D eigenvalue weighted by Gasteiger charge is 2.16. The number of hydrogen-bond donors (Lipinski definition) is 2. The Morgan fingerprint density at radius 1 is 0.850 bits per heavy atom.